The molecule has 0 atom stereocenters. The van der Waals surface area contributed by atoms with Gasteiger partial charge in [-0.15, -0.1) is 0 Å². The summed E-state index contributed by atoms with van der Waals surface area (Å²) in [6, 6.07) is 7.13. The van der Waals surface area contributed by atoms with Crippen LogP contribution in [0, 0.1) is 5.92 Å². The molecule has 2 amide bonds. The lowest BCUT2D eigenvalue weighted by molar-refractivity contribution is -0.116. The van der Waals surface area contributed by atoms with E-state index in [4.69, 9.17) is 9.84 Å². The van der Waals surface area contributed by atoms with Crippen molar-refractivity contribution in [2.24, 2.45) is 5.92 Å². The lowest BCUT2D eigenvalue weighted by Gasteiger charge is -2.33. The molecule has 182 valence electrons. The second kappa shape index (κ2) is 9.12. The largest absolute Gasteiger partial charge is 0.444 e. The number of nitrogens with zero attached hydrogens (tertiary/aromatic N) is 3. The molecule has 1 aliphatic rings. The number of carbonyl (C=O) groups is 2. The van der Waals surface area contributed by atoms with Crippen LogP contribution in [0.25, 0.3) is 16.6 Å². The van der Waals surface area contributed by atoms with Gasteiger partial charge >= 0.3 is 6.09 Å². The summed E-state index contributed by atoms with van der Waals surface area (Å²) in [7, 11) is 0. The van der Waals surface area contributed by atoms with Crippen LogP contribution in [0.1, 0.15) is 65.5 Å². The van der Waals surface area contributed by atoms with E-state index >= 15 is 0 Å². The lowest BCUT2D eigenvalue weighted by Crippen LogP contribution is -2.41. The molecule has 34 heavy (non-hydrogen) atoms. The van der Waals surface area contributed by atoms with Gasteiger partial charge in [0.15, 0.2) is 0 Å². The molecule has 1 aromatic carbocycles. The third kappa shape index (κ3) is 5.08. The summed E-state index contributed by atoms with van der Waals surface area (Å²) in [5, 5.41) is 8.44. The van der Waals surface area contributed by atoms with Crippen LogP contribution < -0.4 is 10.9 Å². The Morgan fingerprint density at radius 1 is 1.24 bits per heavy atom. The molecule has 1 aliphatic heterocycles. The average Bonchev–Trinajstić information content (AvgIpc) is 3.11. The molecule has 9 heteroatoms. The standard InChI is InChI=1S/C25H33N5O4/c1-15(2)13-20(31)26-17-7-6-8-18-22(17)23-27-21(32)14-19(30(23)28-18)16-9-11-29(12-10-16)24(33)34-25(3,4)5/h6-8,14-16H,9-13H2,1-5H3,(H,26,31)(H,27,32). The summed E-state index contributed by atoms with van der Waals surface area (Å²) in [5.41, 5.74) is 1.93. The highest BCUT2D eigenvalue weighted by molar-refractivity contribution is 6.07. The number of piperidine rings is 1. The quantitative estimate of drug-likeness (QED) is 0.595. The van der Waals surface area contributed by atoms with E-state index in [9.17, 15) is 14.4 Å². The molecule has 1 fully saturated rings. The first-order valence-corrected chi connectivity index (χ1v) is 11.8. The predicted molar refractivity (Wildman–Crippen MR) is 131 cm³/mol. The van der Waals surface area contributed by atoms with Crippen LogP contribution in [0.15, 0.2) is 29.1 Å². The second-order valence-electron chi connectivity index (χ2n) is 10.4. The summed E-state index contributed by atoms with van der Waals surface area (Å²) in [6.45, 7) is 10.6. The number of rotatable bonds is 4. The molecule has 3 heterocycles. The van der Waals surface area contributed by atoms with Crippen molar-refractivity contribution in [2.75, 3.05) is 18.4 Å². The number of nitrogens with one attached hydrogen (secondary N) is 2. The first-order valence-electron chi connectivity index (χ1n) is 11.8. The fraction of sp³-hybridized carbons (Fsp3) is 0.520. The molecule has 3 aromatic rings. The van der Waals surface area contributed by atoms with Crippen molar-refractivity contribution in [2.45, 2.75) is 65.4 Å². The molecule has 0 spiro atoms. The van der Waals surface area contributed by atoms with Gasteiger partial charge in [0, 0.05) is 31.5 Å². The molecule has 2 N–H and O–H groups in total. The van der Waals surface area contributed by atoms with Crippen LogP contribution in [-0.4, -0.2) is 50.2 Å². The Hall–Kier alpha value is -3.36. The maximum Gasteiger partial charge on any atom is 0.410 e. The van der Waals surface area contributed by atoms with Gasteiger partial charge in [-0.3, -0.25) is 9.59 Å². The highest BCUT2D eigenvalue weighted by Gasteiger charge is 2.29. The number of aromatic nitrogens is 3. The van der Waals surface area contributed by atoms with Crippen molar-refractivity contribution in [3.8, 4) is 0 Å². The van der Waals surface area contributed by atoms with Crippen molar-refractivity contribution in [3.05, 3.63) is 40.3 Å². The van der Waals surface area contributed by atoms with Crippen molar-refractivity contribution in [3.63, 3.8) is 0 Å². The second-order valence-corrected chi connectivity index (χ2v) is 10.4. The van der Waals surface area contributed by atoms with Crippen molar-refractivity contribution in [1.82, 2.24) is 19.5 Å². The molecule has 4 rings (SSSR count). The van der Waals surface area contributed by atoms with Crippen LogP contribution >= 0.6 is 0 Å². The van der Waals surface area contributed by atoms with Gasteiger partial charge in [-0.25, -0.2) is 9.31 Å². The van der Waals surface area contributed by atoms with Gasteiger partial charge in [0.1, 0.15) is 11.2 Å². The van der Waals surface area contributed by atoms with Gasteiger partial charge in [0.05, 0.1) is 22.3 Å². The number of anilines is 1. The van der Waals surface area contributed by atoms with Gasteiger partial charge in [-0.2, -0.15) is 5.10 Å². The highest BCUT2D eigenvalue weighted by atomic mass is 16.6. The molecular formula is C25H33N5O4. The van der Waals surface area contributed by atoms with Gasteiger partial charge in [0.25, 0.3) is 5.56 Å². The Labute approximate surface area is 198 Å². The van der Waals surface area contributed by atoms with Crippen LogP contribution in [0.2, 0.25) is 0 Å². The maximum atomic E-state index is 12.6. The summed E-state index contributed by atoms with van der Waals surface area (Å²) in [4.78, 5) is 42.1. The minimum Gasteiger partial charge on any atom is -0.444 e. The number of H-pyrrole nitrogens is 1. The molecule has 0 saturated carbocycles. The Bertz CT molecular complexity index is 1280. The van der Waals surface area contributed by atoms with Crippen molar-refractivity contribution in [1.29, 1.82) is 0 Å². The summed E-state index contributed by atoms with van der Waals surface area (Å²) in [5.74, 6) is 0.229. The van der Waals surface area contributed by atoms with E-state index in [0.29, 0.717) is 54.6 Å². The first kappa shape index (κ1) is 23.8. The number of hydrogen-bond acceptors (Lipinski definition) is 5. The van der Waals surface area contributed by atoms with Gasteiger partial charge in [0.2, 0.25) is 5.91 Å². The van der Waals surface area contributed by atoms with Crippen molar-refractivity contribution >= 4 is 34.2 Å². The lowest BCUT2D eigenvalue weighted by atomic mass is 9.93. The zero-order chi connectivity index (χ0) is 24.6. The zero-order valence-corrected chi connectivity index (χ0v) is 20.5. The van der Waals surface area contributed by atoms with E-state index in [-0.39, 0.29) is 29.4 Å². The molecular weight excluding hydrogens is 434 g/mol. The minimum absolute atomic E-state index is 0.0665. The van der Waals surface area contributed by atoms with E-state index < -0.39 is 5.60 Å². The number of amides is 2. The fourth-order valence-corrected chi connectivity index (χ4v) is 4.44. The normalized spacial score (nSPS) is 15.3. The number of likely N-dealkylation sites (tertiary alicyclic amines) is 1. The average molecular weight is 468 g/mol. The minimum atomic E-state index is -0.537. The Morgan fingerprint density at radius 3 is 2.59 bits per heavy atom. The molecule has 0 aliphatic carbocycles. The smallest absolute Gasteiger partial charge is 0.410 e. The molecule has 2 aromatic heterocycles. The summed E-state index contributed by atoms with van der Waals surface area (Å²) < 4.78 is 7.27. The summed E-state index contributed by atoms with van der Waals surface area (Å²) >= 11 is 0. The molecule has 0 bridgehead atoms. The van der Waals surface area contributed by atoms with Crippen LogP contribution in [0.3, 0.4) is 0 Å². The van der Waals surface area contributed by atoms with E-state index in [1.165, 1.54) is 0 Å². The van der Waals surface area contributed by atoms with E-state index in [1.807, 2.05) is 52.8 Å². The van der Waals surface area contributed by atoms with Crippen LogP contribution in [0.5, 0.6) is 0 Å². The summed E-state index contributed by atoms with van der Waals surface area (Å²) in [6.07, 6.45) is 1.50. The van der Waals surface area contributed by atoms with Crippen LogP contribution in [0.4, 0.5) is 10.5 Å². The predicted octanol–water partition coefficient (Wildman–Crippen LogP) is 4.27. The van der Waals surface area contributed by atoms with Gasteiger partial charge in [-0.05, 0) is 51.7 Å². The molecule has 0 radical (unpaired) electrons. The van der Waals surface area contributed by atoms with Gasteiger partial charge in [-0.1, -0.05) is 19.9 Å². The fourth-order valence-electron chi connectivity index (χ4n) is 4.44. The topological polar surface area (TPSA) is 109 Å². The molecule has 9 nitrogen and oxygen atoms in total. The third-order valence-corrected chi connectivity index (χ3v) is 5.90. The SMILES string of the molecule is CC(C)CC(=O)Nc1cccc2nn3c(C4CCN(C(=O)OC(C)(C)C)CC4)cc(=O)[nH]c3c12. The van der Waals surface area contributed by atoms with E-state index in [1.54, 1.807) is 15.5 Å². The number of fused-ring (bicyclic) bond motifs is 3. The Morgan fingerprint density at radius 2 is 1.94 bits per heavy atom. The third-order valence-electron chi connectivity index (χ3n) is 5.90. The number of hydrogen-bond donors (Lipinski definition) is 2. The number of aromatic amines is 1. The Kier molecular flexibility index (Phi) is 6.38. The zero-order valence-electron chi connectivity index (χ0n) is 20.5. The van der Waals surface area contributed by atoms with Crippen LogP contribution in [-0.2, 0) is 9.53 Å². The molecule has 0 unspecified atom stereocenters. The van der Waals surface area contributed by atoms with E-state index in [0.717, 1.165) is 5.69 Å². The van der Waals surface area contributed by atoms with Gasteiger partial charge < -0.3 is 19.9 Å². The maximum absolute atomic E-state index is 12.6. The molecule has 1 saturated heterocycles. The number of ether oxygens (including phenoxy) is 1. The van der Waals surface area contributed by atoms with E-state index in [2.05, 4.69) is 10.3 Å². The first-order chi connectivity index (χ1) is 16.0. The highest BCUT2D eigenvalue weighted by Crippen LogP contribution is 2.32. The number of benzene rings is 1. The van der Waals surface area contributed by atoms with Crippen molar-refractivity contribution < 1.29 is 14.3 Å². The monoisotopic (exact) mass is 467 g/mol. The number of carbonyl (C=O) groups excluding carboxylic acids is 2. The Balaban J connectivity index is 1.64.